The van der Waals surface area contributed by atoms with E-state index in [0.29, 0.717) is 6.04 Å². The van der Waals surface area contributed by atoms with Gasteiger partial charge in [0.2, 0.25) is 0 Å². The Balaban J connectivity index is 2.00. The summed E-state index contributed by atoms with van der Waals surface area (Å²) in [5.74, 6) is 0. The van der Waals surface area contributed by atoms with Crippen LogP contribution in [-0.2, 0) is 6.54 Å². The lowest BCUT2D eigenvalue weighted by Crippen LogP contribution is -2.36. The molecule has 1 fully saturated rings. The van der Waals surface area contributed by atoms with Crippen molar-refractivity contribution in [2.45, 2.75) is 38.8 Å². The Bertz CT molecular complexity index is 375. The molecule has 0 radical (unpaired) electrons. The van der Waals surface area contributed by atoms with E-state index in [9.17, 15) is 0 Å². The largest absolute Gasteiger partial charge is 0.296 e. The lowest BCUT2D eigenvalue weighted by Gasteiger charge is -2.33. The predicted molar refractivity (Wildman–Crippen MR) is 64.9 cm³/mol. The topological polar surface area (TPSA) is 27.0 Å². The third kappa shape index (κ3) is 2.62. The maximum Gasteiger partial charge on any atom is 0.0991 e. The quantitative estimate of drug-likeness (QED) is 0.757. The Hall–Kier alpha value is -1.33. The van der Waals surface area contributed by atoms with E-state index < -0.39 is 0 Å². The number of hydrogen-bond donors (Lipinski definition) is 0. The molecule has 2 heteroatoms. The second-order valence-electron chi connectivity index (χ2n) is 4.62. The van der Waals surface area contributed by atoms with E-state index in [1.807, 2.05) is 12.1 Å². The third-order valence-corrected chi connectivity index (χ3v) is 3.41. The highest BCUT2D eigenvalue weighted by atomic mass is 15.2. The molecule has 1 aliphatic heterocycles. The molecule has 1 atom stereocenters. The number of hydrogen-bond acceptors (Lipinski definition) is 2. The minimum atomic E-state index is 0.699. The van der Waals surface area contributed by atoms with Crippen molar-refractivity contribution in [3.05, 3.63) is 35.4 Å². The van der Waals surface area contributed by atoms with E-state index in [1.165, 1.54) is 31.4 Å². The Morgan fingerprint density at radius 3 is 2.69 bits per heavy atom. The zero-order chi connectivity index (χ0) is 11.4. The first-order chi connectivity index (χ1) is 7.79. The average Bonchev–Trinajstić information content (AvgIpc) is 2.33. The fourth-order valence-corrected chi connectivity index (χ4v) is 2.31. The van der Waals surface area contributed by atoms with Crippen LogP contribution in [0.4, 0.5) is 0 Å². The molecule has 1 aliphatic rings. The molecule has 1 aromatic carbocycles. The highest BCUT2D eigenvalue weighted by Gasteiger charge is 2.17. The lowest BCUT2D eigenvalue weighted by molar-refractivity contribution is 0.152. The smallest absolute Gasteiger partial charge is 0.0991 e. The minimum Gasteiger partial charge on any atom is -0.296 e. The molecule has 0 aromatic heterocycles. The van der Waals surface area contributed by atoms with Crippen LogP contribution < -0.4 is 0 Å². The van der Waals surface area contributed by atoms with E-state index in [1.54, 1.807) is 0 Å². The molecule has 0 bridgehead atoms. The summed E-state index contributed by atoms with van der Waals surface area (Å²) in [6.45, 7) is 4.54. The van der Waals surface area contributed by atoms with Crippen molar-refractivity contribution in [1.82, 2.24) is 4.90 Å². The van der Waals surface area contributed by atoms with Crippen LogP contribution in [0.5, 0.6) is 0 Å². The minimum absolute atomic E-state index is 0.699. The Labute approximate surface area is 97.5 Å². The maximum absolute atomic E-state index is 8.73. The molecule has 1 aromatic rings. The normalized spacial score (nSPS) is 21.6. The molecule has 0 amide bonds. The Morgan fingerprint density at radius 1 is 1.31 bits per heavy atom. The highest BCUT2D eigenvalue weighted by Crippen LogP contribution is 2.19. The average molecular weight is 214 g/mol. The molecule has 2 rings (SSSR count). The summed E-state index contributed by atoms with van der Waals surface area (Å²) in [7, 11) is 0. The van der Waals surface area contributed by atoms with Crippen molar-refractivity contribution in [2.24, 2.45) is 0 Å². The van der Waals surface area contributed by atoms with Gasteiger partial charge in [-0.1, -0.05) is 18.6 Å². The van der Waals surface area contributed by atoms with E-state index in [-0.39, 0.29) is 0 Å². The van der Waals surface area contributed by atoms with Crippen molar-refractivity contribution >= 4 is 0 Å². The molecule has 0 saturated carbocycles. The van der Waals surface area contributed by atoms with E-state index in [2.05, 4.69) is 30.0 Å². The number of benzene rings is 1. The van der Waals surface area contributed by atoms with Gasteiger partial charge >= 0.3 is 0 Å². The highest BCUT2D eigenvalue weighted by molar-refractivity contribution is 5.31. The van der Waals surface area contributed by atoms with Crippen LogP contribution in [0.1, 0.15) is 37.3 Å². The molecule has 0 spiro atoms. The molecular weight excluding hydrogens is 196 g/mol. The molecule has 0 aliphatic carbocycles. The van der Waals surface area contributed by atoms with Crippen LogP contribution in [0.15, 0.2) is 24.3 Å². The van der Waals surface area contributed by atoms with Gasteiger partial charge in [0, 0.05) is 12.6 Å². The van der Waals surface area contributed by atoms with Crippen LogP contribution >= 0.6 is 0 Å². The summed E-state index contributed by atoms with van der Waals surface area (Å²) >= 11 is 0. The Morgan fingerprint density at radius 2 is 2.06 bits per heavy atom. The molecule has 16 heavy (non-hydrogen) atoms. The van der Waals surface area contributed by atoms with Gasteiger partial charge in [-0.05, 0) is 44.0 Å². The van der Waals surface area contributed by atoms with E-state index in [0.717, 1.165) is 12.1 Å². The van der Waals surface area contributed by atoms with Gasteiger partial charge in [0.15, 0.2) is 0 Å². The maximum atomic E-state index is 8.73. The van der Waals surface area contributed by atoms with E-state index in [4.69, 9.17) is 5.26 Å². The zero-order valence-corrected chi connectivity index (χ0v) is 9.82. The Kier molecular flexibility index (Phi) is 3.58. The zero-order valence-electron chi connectivity index (χ0n) is 9.82. The first-order valence-electron chi connectivity index (χ1n) is 6.02. The van der Waals surface area contributed by atoms with Crippen molar-refractivity contribution in [3.63, 3.8) is 0 Å². The lowest BCUT2D eigenvalue weighted by atomic mass is 10.0. The molecular formula is C14H18N2. The fraction of sp³-hybridized carbons (Fsp3) is 0.500. The van der Waals surface area contributed by atoms with Crippen LogP contribution in [-0.4, -0.2) is 17.5 Å². The van der Waals surface area contributed by atoms with Crippen LogP contribution in [0.3, 0.4) is 0 Å². The van der Waals surface area contributed by atoms with Gasteiger partial charge in [0.25, 0.3) is 0 Å². The third-order valence-electron chi connectivity index (χ3n) is 3.41. The van der Waals surface area contributed by atoms with Gasteiger partial charge in [-0.15, -0.1) is 0 Å². The van der Waals surface area contributed by atoms with Crippen LogP contribution in [0, 0.1) is 11.3 Å². The van der Waals surface area contributed by atoms with Gasteiger partial charge in [0.05, 0.1) is 11.6 Å². The van der Waals surface area contributed by atoms with Gasteiger partial charge < -0.3 is 0 Å². The first-order valence-corrected chi connectivity index (χ1v) is 6.02. The number of likely N-dealkylation sites (tertiary alicyclic amines) is 1. The summed E-state index contributed by atoms with van der Waals surface area (Å²) in [4.78, 5) is 2.53. The second kappa shape index (κ2) is 5.14. The monoisotopic (exact) mass is 214 g/mol. The van der Waals surface area contributed by atoms with Gasteiger partial charge in [-0.25, -0.2) is 0 Å². The number of nitriles is 1. The second-order valence-corrected chi connectivity index (χ2v) is 4.62. The number of piperidine rings is 1. The SMILES string of the molecule is CC1CCCCN1Cc1ccc(C#N)cc1. The van der Waals surface area contributed by atoms with Crippen molar-refractivity contribution in [2.75, 3.05) is 6.54 Å². The van der Waals surface area contributed by atoms with Gasteiger partial charge in [-0.2, -0.15) is 5.26 Å². The first kappa shape index (κ1) is 11.2. The predicted octanol–water partition coefficient (Wildman–Crippen LogP) is 2.93. The van der Waals surface area contributed by atoms with Crippen molar-refractivity contribution in [1.29, 1.82) is 5.26 Å². The van der Waals surface area contributed by atoms with Crippen molar-refractivity contribution < 1.29 is 0 Å². The molecule has 84 valence electrons. The van der Waals surface area contributed by atoms with Crippen molar-refractivity contribution in [3.8, 4) is 6.07 Å². The van der Waals surface area contributed by atoms with Crippen LogP contribution in [0.2, 0.25) is 0 Å². The summed E-state index contributed by atoms with van der Waals surface area (Å²) in [6.07, 6.45) is 4.00. The van der Waals surface area contributed by atoms with Gasteiger partial charge in [0.1, 0.15) is 0 Å². The molecule has 0 N–H and O–H groups in total. The molecule has 2 nitrogen and oxygen atoms in total. The van der Waals surface area contributed by atoms with Gasteiger partial charge in [-0.3, -0.25) is 4.90 Å². The summed E-state index contributed by atoms with van der Waals surface area (Å²) < 4.78 is 0. The fourth-order valence-electron chi connectivity index (χ4n) is 2.31. The summed E-state index contributed by atoms with van der Waals surface area (Å²) in [6, 6.07) is 10.8. The molecule has 1 heterocycles. The molecule has 1 saturated heterocycles. The standard InChI is InChI=1S/C14H18N2/c1-12-4-2-3-9-16(12)11-14-7-5-13(10-15)6-8-14/h5-8,12H,2-4,9,11H2,1H3. The summed E-state index contributed by atoms with van der Waals surface area (Å²) in [5, 5.41) is 8.73. The molecule has 1 unspecified atom stereocenters. The summed E-state index contributed by atoms with van der Waals surface area (Å²) in [5.41, 5.74) is 2.06. The van der Waals surface area contributed by atoms with Crippen LogP contribution in [0.25, 0.3) is 0 Å². The number of rotatable bonds is 2. The van der Waals surface area contributed by atoms with E-state index >= 15 is 0 Å². The number of nitrogens with zero attached hydrogens (tertiary/aromatic N) is 2.